The Labute approximate surface area is 122 Å². The van der Waals surface area contributed by atoms with Crippen LogP contribution >= 0.6 is 0 Å². The number of nitrogen functional groups attached to an aromatic ring is 1. The van der Waals surface area contributed by atoms with Gasteiger partial charge in [-0.15, -0.1) is 5.10 Å². The molecule has 106 valence electrons. The van der Waals surface area contributed by atoms with Gasteiger partial charge in [0.25, 0.3) is 0 Å². The highest BCUT2D eigenvalue weighted by atomic mass is 16.1. The first-order chi connectivity index (χ1) is 10.2. The minimum absolute atomic E-state index is 0.255. The monoisotopic (exact) mass is 280 g/mol. The van der Waals surface area contributed by atoms with Crippen molar-refractivity contribution in [2.75, 3.05) is 5.73 Å². The fourth-order valence-electron chi connectivity index (χ4n) is 2.18. The molecule has 0 aliphatic rings. The Morgan fingerprint density at radius 2 is 1.95 bits per heavy atom. The average molecular weight is 280 g/mol. The van der Waals surface area contributed by atoms with Gasteiger partial charge in [-0.1, -0.05) is 19.1 Å². The summed E-state index contributed by atoms with van der Waals surface area (Å²) in [5.74, 6) is 0.530. The highest BCUT2D eigenvalue weighted by Gasteiger charge is 2.09. The number of benzene rings is 2. The Morgan fingerprint density at radius 1 is 1.19 bits per heavy atom. The third-order valence-corrected chi connectivity index (χ3v) is 3.37. The van der Waals surface area contributed by atoms with E-state index in [9.17, 15) is 4.79 Å². The van der Waals surface area contributed by atoms with Crippen LogP contribution in [0.4, 0.5) is 5.69 Å². The Hall–Kier alpha value is -2.82. The second-order valence-electron chi connectivity index (χ2n) is 4.84. The van der Waals surface area contributed by atoms with Crippen molar-refractivity contribution in [2.24, 2.45) is 0 Å². The average Bonchev–Trinajstić information content (AvgIpc) is 2.90. The van der Waals surface area contributed by atoms with Crippen molar-refractivity contribution in [3.8, 4) is 17.1 Å². The second kappa shape index (κ2) is 5.28. The predicted octanol–water partition coefficient (Wildman–Crippen LogP) is 2.37. The van der Waals surface area contributed by atoms with Crippen LogP contribution in [0.2, 0.25) is 0 Å². The maximum Gasteiger partial charge on any atom is 0.348 e. The molecule has 0 bridgehead atoms. The van der Waals surface area contributed by atoms with E-state index in [1.165, 1.54) is 4.68 Å². The van der Waals surface area contributed by atoms with Crippen molar-refractivity contribution >= 4 is 5.69 Å². The summed E-state index contributed by atoms with van der Waals surface area (Å²) in [7, 11) is 0. The van der Waals surface area contributed by atoms with Gasteiger partial charge in [-0.25, -0.2) is 4.79 Å². The molecule has 0 fully saturated rings. The minimum Gasteiger partial charge on any atom is -0.399 e. The van der Waals surface area contributed by atoms with Gasteiger partial charge in [0.2, 0.25) is 0 Å². The molecule has 3 N–H and O–H groups in total. The zero-order chi connectivity index (χ0) is 14.8. The first-order valence-corrected chi connectivity index (χ1v) is 6.82. The molecule has 0 saturated carbocycles. The molecule has 2 aromatic carbocycles. The molecular formula is C16H16N4O. The maximum absolute atomic E-state index is 12.1. The summed E-state index contributed by atoms with van der Waals surface area (Å²) in [5.41, 5.74) is 8.84. The molecule has 5 heteroatoms. The first kappa shape index (κ1) is 13.2. The van der Waals surface area contributed by atoms with Crippen molar-refractivity contribution in [3.63, 3.8) is 0 Å². The Kier molecular flexibility index (Phi) is 3.31. The molecule has 0 spiro atoms. The van der Waals surface area contributed by atoms with Crippen molar-refractivity contribution in [1.29, 1.82) is 0 Å². The summed E-state index contributed by atoms with van der Waals surface area (Å²) in [6.07, 6.45) is 0.915. The fourth-order valence-corrected chi connectivity index (χ4v) is 2.18. The zero-order valence-corrected chi connectivity index (χ0v) is 11.7. The SMILES string of the molecule is CCc1cccc(-n2nc(-c3ccc(N)cc3)[nH]c2=O)c1. The highest BCUT2D eigenvalue weighted by molar-refractivity contribution is 5.58. The van der Waals surface area contributed by atoms with Gasteiger partial charge >= 0.3 is 5.69 Å². The van der Waals surface area contributed by atoms with Crippen molar-refractivity contribution in [2.45, 2.75) is 13.3 Å². The summed E-state index contributed by atoms with van der Waals surface area (Å²) in [4.78, 5) is 14.9. The van der Waals surface area contributed by atoms with Crippen LogP contribution in [0.5, 0.6) is 0 Å². The summed E-state index contributed by atoms with van der Waals surface area (Å²) in [5, 5.41) is 4.36. The van der Waals surface area contributed by atoms with Gasteiger partial charge in [-0.3, -0.25) is 4.98 Å². The number of H-pyrrole nitrogens is 1. The minimum atomic E-state index is -0.255. The summed E-state index contributed by atoms with van der Waals surface area (Å²) in [6, 6.07) is 15.0. The molecule has 0 aliphatic carbocycles. The van der Waals surface area contributed by atoms with Crippen LogP contribution in [0.1, 0.15) is 12.5 Å². The quantitative estimate of drug-likeness (QED) is 0.723. The van der Waals surface area contributed by atoms with Crippen LogP contribution in [0.25, 0.3) is 17.1 Å². The van der Waals surface area contributed by atoms with Crippen LogP contribution in [-0.4, -0.2) is 14.8 Å². The molecule has 3 rings (SSSR count). The van der Waals surface area contributed by atoms with Gasteiger partial charge in [-0.2, -0.15) is 4.68 Å². The van der Waals surface area contributed by atoms with Crippen LogP contribution in [0, 0.1) is 0 Å². The van der Waals surface area contributed by atoms with Crippen molar-refractivity contribution < 1.29 is 0 Å². The molecule has 1 heterocycles. The number of nitrogens with two attached hydrogens (primary N) is 1. The molecule has 1 aromatic heterocycles. The predicted molar refractivity (Wildman–Crippen MR) is 83.4 cm³/mol. The zero-order valence-electron chi connectivity index (χ0n) is 11.7. The summed E-state index contributed by atoms with van der Waals surface area (Å²) in [6.45, 7) is 2.08. The molecule has 0 radical (unpaired) electrons. The molecule has 0 aliphatic heterocycles. The number of nitrogens with zero attached hydrogens (tertiary/aromatic N) is 2. The first-order valence-electron chi connectivity index (χ1n) is 6.82. The van der Waals surface area contributed by atoms with E-state index in [1.54, 1.807) is 12.1 Å². The van der Waals surface area contributed by atoms with Gasteiger partial charge in [0.1, 0.15) is 0 Å². The van der Waals surface area contributed by atoms with E-state index in [2.05, 4.69) is 17.0 Å². The molecule has 0 amide bonds. The number of aromatic amines is 1. The largest absolute Gasteiger partial charge is 0.399 e. The van der Waals surface area contributed by atoms with E-state index in [1.807, 2.05) is 36.4 Å². The van der Waals surface area contributed by atoms with E-state index < -0.39 is 0 Å². The normalized spacial score (nSPS) is 10.7. The third kappa shape index (κ3) is 2.58. The lowest BCUT2D eigenvalue weighted by Gasteiger charge is -2.02. The Balaban J connectivity index is 2.05. The second-order valence-corrected chi connectivity index (χ2v) is 4.84. The number of aromatic nitrogens is 3. The number of anilines is 1. The fraction of sp³-hybridized carbons (Fsp3) is 0.125. The van der Waals surface area contributed by atoms with Gasteiger partial charge in [0.05, 0.1) is 5.69 Å². The van der Waals surface area contributed by atoms with E-state index in [0.29, 0.717) is 11.5 Å². The van der Waals surface area contributed by atoms with E-state index in [4.69, 9.17) is 5.73 Å². The number of hydrogen-bond donors (Lipinski definition) is 2. The number of aryl methyl sites for hydroxylation is 1. The van der Waals surface area contributed by atoms with Gasteiger partial charge in [-0.05, 0) is 48.4 Å². The third-order valence-electron chi connectivity index (χ3n) is 3.37. The molecule has 0 saturated heterocycles. The molecule has 3 aromatic rings. The number of hydrogen-bond acceptors (Lipinski definition) is 3. The highest BCUT2D eigenvalue weighted by Crippen LogP contribution is 2.16. The van der Waals surface area contributed by atoms with Crippen LogP contribution < -0.4 is 11.4 Å². The lowest BCUT2D eigenvalue weighted by atomic mass is 10.1. The smallest absolute Gasteiger partial charge is 0.348 e. The van der Waals surface area contributed by atoms with Crippen molar-refractivity contribution in [1.82, 2.24) is 14.8 Å². The lowest BCUT2D eigenvalue weighted by molar-refractivity contribution is 0.842. The lowest BCUT2D eigenvalue weighted by Crippen LogP contribution is -2.15. The van der Waals surface area contributed by atoms with Crippen LogP contribution in [0.3, 0.4) is 0 Å². The van der Waals surface area contributed by atoms with Crippen molar-refractivity contribution in [3.05, 3.63) is 64.6 Å². The van der Waals surface area contributed by atoms with E-state index in [0.717, 1.165) is 23.2 Å². The van der Waals surface area contributed by atoms with Crippen LogP contribution in [-0.2, 0) is 6.42 Å². The maximum atomic E-state index is 12.1. The summed E-state index contributed by atoms with van der Waals surface area (Å²) < 4.78 is 1.38. The standard InChI is InChI=1S/C16H16N4O/c1-2-11-4-3-5-14(10-11)20-16(21)18-15(19-20)12-6-8-13(17)9-7-12/h3-10H,2,17H2,1H3,(H,18,19,21). The molecule has 0 unspecified atom stereocenters. The van der Waals surface area contributed by atoms with Gasteiger partial charge in [0.15, 0.2) is 5.82 Å². The van der Waals surface area contributed by atoms with E-state index >= 15 is 0 Å². The molecule has 21 heavy (non-hydrogen) atoms. The molecule has 0 atom stereocenters. The van der Waals surface area contributed by atoms with Gasteiger partial charge in [0, 0.05) is 11.3 Å². The van der Waals surface area contributed by atoms with Crippen LogP contribution in [0.15, 0.2) is 53.3 Å². The number of nitrogens with one attached hydrogen (secondary N) is 1. The number of rotatable bonds is 3. The Bertz CT molecular complexity index is 815. The topological polar surface area (TPSA) is 76.7 Å². The van der Waals surface area contributed by atoms with Gasteiger partial charge < -0.3 is 5.73 Å². The Morgan fingerprint density at radius 3 is 2.67 bits per heavy atom. The molecule has 5 nitrogen and oxygen atoms in total. The summed E-state index contributed by atoms with van der Waals surface area (Å²) >= 11 is 0. The van der Waals surface area contributed by atoms with E-state index in [-0.39, 0.29) is 5.69 Å². The molecular weight excluding hydrogens is 264 g/mol.